The third-order valence-corrected chi connectivity index (χ3v) is 2.90. The van der Waals surface area contributed by atoms with Gasteiger partial charge in [0.1, 0.15) is 0 Å². The second-order valence-corrected chi connectivity index (χ2v) is 4.36. The van der Waals surface area contributed by atoms with Gasteiger partial charge in [-0.05, 0) is 18.9 Å². The minimum Gasteiger partial charge on any atom is -0.504 e. The SMILES string of the molecule is CO/C=C/C=C/C=C/C=C/C1(O)CCCCC1. The molecule has 0 aromatic carbocycles. The molecule has 2 nitrogen and oxygen atoms in total. The first-order chi connectivity index (χ1) is 8.27. The lowest BCUT2D eigenvalue weighted by Gasteiger charge is -2.28. The van der Waals surface area contributed by atoms with E-state index in [1.54, 1.807) is 13.4 Å². The molecule has 1 N–H and O–H groups in total. The Bertz CT molecular complexity index is 305. The van der Waals surface area contributed by atoms with Crippen LogP contribution >= 0.6 is 0 Å². The molecule has 0 aliphatic heterocycles. The Labute approximate surface area is 104 Å². The lowest BCUT2D eigenvalue weighted by atomic mass is 9.85. The van der Waals surface area contributed by atoms with Crippen molar-refractivity contribution in [3.8, 4) is 0 Å². The van der Waals surface area contributed by atoms with Gasteiger partial charge >= 0.3 is 0 Å². The van der Waals surface area contributed by atoms with E-state index in [-0.39, 0.29) is 0 Å². The molecule has 0 atom stereocenters. The van der Waals surface area contributed by atoms with Crippen LogP contribution in [0.3, 0.4) is 0 Å². The van der Waals surface area contributed by atoms with E-state index < -0.39 is 5.60 Å². The van der Waals surface area contributed by atoms with Gasteiger partial charge in [0.25, 0.3) is 0 Å². The van der Waals surface area contributed by atoms with Gasteiger partial charge in [-0.3, -0.25) is 0 Å². The van der Waals surface area contributed by atoms with Crippen molar-refractivity contribution >= 4 is 0 Å². The third kappa shape index (κ3) is 6.12. The van der Waals surface area contributed by atoms with E-state index in [1.807, 2.05) is 42.5 Å². The summed E-state index contributed by atoms with van der Waals surface area (Å²) in [6, 6.07) is 0. The Hall–Kier alpha value is -1.28. The molecule has 17 heavy (non-hydrogen) atoms. The summed E-state index contributed by atoms with van der Waals surface area (Å²) in [7, 11) is 1.62. The topological polar surface area (TPSA) is 29.5 Å². The normalized spacial score (nSPS) is 21.1. The number of hydrogen-bond donors (Lipinski definition) is 1. The maximum absolute atomic E-state index is 10.2. The molecule has 1 rings (SSSR count). The van der Waals surface area contributed by atoms with E-state index in [9.17, 15) is 5.11 Å². The summed E-state index contributed by atoms with van der Waals surface area (Å²) in [5.41, 5.74) is -0.567. The molecule has 0 bridgehead atoms. The van der Waals surface area contributed by atoms with Gasteiger partial charge in [-0.1, -0.05) is 55.7 Å². The molecule has 1 saturated carbocycles. The van der Waals surface area contributed by atoms with Crippen LogP contribution in [-0.2, 0) is 4.74 Å². The largest absolute Gasteiger partial charge is 0.504 e. The molecular weight excluding hydrogens is 212 g/mol. The summed E-state index contributed by atoms with van der Waals surface area (Å²) in [4.78, 5) is 0. The molecule has 1 aliphatic rings. The predicted molar refractivity (Wildman–Crippen MR) is 71.6 cm³/mol. The Balaban J connectivity index is 2.31. The van der Waals surface area contributed by atoms with Crippen LogP contribution in [0, 0.1) is 0 Å². The standard InChI is InChI=1S/C15H22O2/c1-17-14-10-5-3-2-4-7-11-15(16)12-8-6-9-13-15/h2-5,7,10-11,14,16H,6,8-9,12-13H2,1H3/b4-2+,5-3+,11-7+,14-10+. The van der Waals surface area contributed by atoms with Crippen molar-refractivity contribution in [2.75, 3.05) is 7.11 Å². The first-order valence-corrected chi connectivity index (χ1v) is 6.20. The highest BCUT2D eigenvalue weighted by atomic mass is 16.5. The van der Waals surface area contributed by atoms with Gasteiger partial charge in [0.2, 0.25) is 0 Å². The first kappa shape index (κ1) is 13.8. The highest BCUT2D eigenvalue weighted by Crippen LogP contribution is 2.28. The number of aliphatic hydroxyl groups is 1. The van der Waals surface area contributed by atoms with E-state index in [4.69, 9.17) is 4.74 Å². The van der Waals surface area contributed by atoms with Crippen LogP contribution in [-0.4, -0.2) is 17.8 Å². The van der Waals surface area contributed by atoms with Crippen LogP contribution < -0.4 is 0 Å². The molecule has 1 fully saturated rings. The van der Waals surface area contributed by atoms with Crippen molar-refractivity contribution in [2.24, 2.45) is 0 Å². The van der Waals surface area contributed by atoms with Crippen LogP contribution in [0.4, 0.5) is 0 Å². The number of ether oxygens (including phenoxy) is 1. The molecule has 2 heteroatoms. The fourth-order valence-electron chi connectivity index (χ4n) is 1.95. The molecule has 0 radical (unpaired) electrons. The molecule has 0 amide bonds. The van der Waals surface area contributed by atoms with E-state index in [0.29, 0.717) is 0 Å². The molecular formula is C15H22O2. The lowest BCUT2D eigenvalue weighted by molar-refractivity contribution is 0.0513. The number of hydrogen-bond acceptors (Lipinski definition) is 2. The van der Waals surface area contributed by atoms with Crippen molar-refractivity contribution in [3.05, 3.63) is 48.8 Å². The summed E-state index contributed by atoms with van der Waals surface area (Å²) in [6.45, 7) is 0. The van der Waals surface area contributed by atoms with Crippen molar-refractivity contribution in [1.29, 1.82) is 0 Å². The summed E-state index contributed by atoms with van der Waals surface area (Å²) in [6.07, 6.45) is 20.3. The molecule has 0 unspecified atom stereocenters. The van der Waals surface area contributed by atoms with Gasteiger partial charge in [-0.2, -0.15) is 0 Å². The van der Waals surface area contributed by atoms with Gasteiger partial charge in [0.05, 0.1) is 19.0 Å². The number of methoxy groups -OCH3 is 1. The monoisotopic (exact) mass is 234 g/mol. The summed E-state index contributed by atoms with van der Waals surface area (Å²) in [5, 5.41) is 10.2. The van der Waals surface area contributed by atoms with Crippen molar-refractivity contribution in [3.63, 3.8) is 0 Å². The van der Waals surface area contributed by atoms with Crippen molar-refractivity contribution in [2.45, 2.75) is 37.7 Å². The minimum absolute atomic E-state index is 0.567. The maximum atomic E-state index is 10.2. The number of rotatable bonds is 5. The fraction of sp³-hybridized carbons (Fsp3) is 0.467. The zero-order valence-corrected chi connectivity index (χ0v) is 10.5. The van der Waals surface area contributed by atoms with Gasteiger partial charge in [-0.25, -0.2) is 0 Å². The third-order valence-electron chi connectivity index (χ3n) is 2.90. The molecule has 0 aromatic heterocycles. The van der Waals surface area contributed by atoms with E-state index in [0.717, 1.165) is 25.7 Å². The van der Waals surface area contributed by atoms with Gasteiger partial charge < -0.3 is 9.84 Å². The van der Waals surface area contributed by atoms with Crippen LogP contribution in [0.2, 0.25) is 0 Å². The Kier molecular flexibility index (Phi) is 6.41. The second-order valence-electron chi connectivity index (χ2n) is 4.36. The summed E-state index contributed by atoms with van der Waals surface area (Å²) < 4.78 is 4.76. The van der Waals surface area contributed by atoms with Gasteiger partial charge in [-0.15, -0.1) is 0 Å². The highest BCUT2D eigenvalue weighted by molar-refractivity contribution is 5.17. The summed E-state index contributed by atoms with van der Waals surface area (Å²) >= 11 is 0. The van der Waals surface area contributed by atoms with Gasteiger partial charge in [0.15, 0.2) is 0 Å². The molecule has 0 heterocycles. The van der Waals surface area contributed by atoms with Gasteiger partial charge in [0, 0.05) is 0 Å². The zero-order chi connectivity index (χ0) is 12.4. The summed E-state index contributed by atoms with van der Waals surface area (Å²) in [5.74, 6) is 0. The second kappa shape index (κ2) is 7.91. The number of allylic oxidation sites excluding steroid dienone is 6. The first-order valence-electron chi connectivity index (χ1n) is 6.20. The molecule has 0 aromatic rings. The Morgan fingerprint density at radius 3 is 2.12 bits per heavy atom. The van der Waals surface area contributed by atoms with E-state index >= 15 is 0 Å². The Morgan fingerprint density at radius 2 is 1.47 bits per heavy atom. The quantitative estimate of drug-likeness (QED) is 0.582. The van der Waals surface area contributed by atoms with Crippen LogP contribution in [0.5, 0.6) is 0 Å². The average molecular weight is 234 g/mol. The van der Waals surface area contributed by atoms with Crippen LogP contribution in [0.25, 0.3) is 0 Å². The smallest absolute Gasteiger partial charge is 0.0830 e. The van der Waals surface area contributed by atoms with Crippen molar-refractivity contribution < 1.29 is 9.84 Å². The molecule has 0 saturated heterocycles. The van der Waals surface area contributed by atoms with Crippen molar-refractivity contribution in [1.82, 2.24) is 0 Å². The van der Waals surface area contributed by atoms with Crippen LogP contribution in [0.15, 0.2) is 48.8 Å². The highest BCUT2D eigenvalue weighted by Gasteiger charge is 2.25. The molecule has 1 aliphatic carbocycles. The van der Waals surface area contributed by atoms with E-state index in [1.165, 1.54) is 6.42 Å². The minimum atomic E-state index is -0.567. The lowest BCUT2D eigenvalue weighted by Crippen LogP contribution is -2.28. The fourth-order valence-corrected chi connectivity index (χ4v) is 1.95. The van der Waals surface area contributed by atoms with E-state index in [2.05, 4.69) is 0 Å². The average Bonchev–Trinajstić information content (AvgIpc) is 2.33. The maximum Gasteiger partial charge on any atom is 0.0830 e. The predicted octanol–water partition coefficient (Wildman–Crippen LogP) is 3.51. The zero-order valence-electron chi connectivity index (χ0n) is 10.5. The van der Waals surface area contributed by atoms with Crippen LogP contribution in [0.1, 0.15) is 32.1 Å². The molecule has 94 valence electrons. The molecule has 0 spiro atoms. The Morgan fingerprint density at radius 1 is 0.882 bits per heavy atom.